The summed E-state index contributed by atoms with van der Waals surface area (Å²) < 4.78 is 0. The van der Waals surface area contributed by atoms with Crippen molar-refractivity contribution in [2.45, 2.75) is 78.2 Å². The molecule has 1 N–H and O–H groups in total. The molecule has 0 aromatic heterocycles. The molecule has 0 fully saturated rings. The number of rotatable bonds is 8. The highest BCUT2D eigenvalue weighted by molar-refractivity contribution is 5.07. The van der Waals surface area contributed by atoms with Gasteiger partial charge in [-0.1, -0.05) is 45.3 Å². The van der Waals surface area contributed by atoms with Crippen LogP contribution in [0.1, 0.15) is 72.1 Å². The number of hydrogen-bond acceptors (Lipinski definition) is 1. The Hall–Kier alpha value is -0.300. The first-order valence-electron chi connectivity index (χ1n) is 7.67. The fourth-order valence-corrected chi connectivity index (χ4v) is 3.03. The van der Waals surface area contributed by atoms with Crippen LogP contribution in [-0.4, -0.2) is 12.6 Å². The van der Waals surface area contributed by atoms with Crippen LogP contribution in [0, 0.1) is 5.92 Å². The highest BCUT2D eigenvalue weighted by Crippen LogP contribution is 2.24. The predicted molar refractivity (Wildman–Crippen MR) is 77.3 cm³/mol. The van der Waals surface area contributed by atoms with Crippen molar-refractivity contribution in [1.82, 2.24) is 5.32 Å². The second-order valence-electron chi connectivity index (χ2n) is 5.70. The summed E-state index contributed by atoms with van der Waals surface area (Å²) in [5.41, 5.74) is 1.71. The first-order valence-corrected chi connectivity index (χ1v) is 7.67. The van der Waals surface area contributed by atoms with Gasteiger partial charge >= 0.3 is 0 Å². The largest absolute Gasteiger partial charge is 0.314 e. The van der Waals surface area contributed by atoms with E-state index in [2.05, 4.69) is 32.2 Å². The van der Waals surface area contributed by atoms with Crippen molar-refractivity contribution in [3.05, 3.63) is 11.6 Å². The van der Waals surface area contributed by atoms with Crippen LogP contribution in [0.25, 0.3) is 0 Å². The minimum atomic E-state index is 0.714. The van der Waals surface area contributed by atoms with E-state index >= 15 is 0 Å². The van der Waals surface area contributed by atoms with Crippen LogP contribution in [0.2, 0.25) is 0 Å². The van der Waals surface area contributed by atoms with E-state index in [1.165, 1.54) is 51.4 Å². The lowest BCUT2D eigenvalue weighted by Crippen LogP contribution is -2.31. The van der Waals surface area contributed by atoms with Gasteiger partial charge in [-0.05, 0) is 51.0 Å². The molecule has 0 amide bonds. The Kier molecular flexibility index (Phi) is 7.59. The van der Waals surface area contributed by atoms with Gasteiger partial charge in [-0.25, -0.2) is 0 Å². The van der Waals surface area contributed by atoms with Gasteiger partial charge in [0.25, 0.3) is 0 Å². The molecule has 17 heavy (non-hydrogen) atoms. The zero-order valence-corrected chi connectivity index (χ0v) is 12.1. The molecule has 1 nitrogen and oxygen atoms in total. The van der Waals surface area contributed by atoms with E-state index in [0.29, 0.717) is 6.04 Å². The topological polar surface area (TPSA) is 12.0 Å². The van der Waals surface area contributed by atoms with Crippen LogP contribution >= 0.6 is 0 Å². The molecule has 0 aromatic carbocycles. The van der Waals surface area contributed by atoms with Crippen molar-refractivity contribution in [3.8, 4) is 0 Å². The fourth-order valence-electron chi connectivity index (χ4n) is 3.03. The summed E-state index contributed by atoms with van der Waals surface area (Å²) in [4.78, 5) is 0. The van der Waals surface area contributed by atoms with Gasteiger partial charge in [-0.2, -0.15) is 0 Å². The summed E-state index contributed by atoms with van der Waals surface area (Å²) in [6, 6.07) is 0.714. The number of hydrogen-bond donors (Lipinski definition) is 1. The molecule has 1 rings (SSSR count). The maximum Gasteiger partial charge on any atom is 0.0107 e. The zero-order valence-electron chi connectivity index (χ0n) is 12.1. The molecule has 1 aliphatic rings. The third kappa shape index (κ3) is 6.26. The Morgan fingerprint density at radius 3 is 2.71 bits per heavy atom. The van der Waals surface area contributed by atoms with Gasteiger partial charge in [0, 0.05) is 6.04 Å². The molecule has 0 saturated carbocycles. The van der Waals surface area contributed by atoms with Crippen LogP contribution in [0.3, 0.4) is 0 Å². The summed E-state index contributed by atoms with van der Waals surface area (Å²) in [6.07, 6.45) is 13.3. The van der Waals surface area contributed by atoms with Crippen LogP contribution < -0.4 is 5.32 Å². The molecular formula is C16H31N. The lowest BCUT2D eigenvalue weighted by molar-refractivity contribution is 0.381. The zero-order chi connectivity index (χ0) is 12.5. The molecule has 0 radical (unpaired) electrons. The lowest BCUT2D eigenvalue weighted by atomic mass is 9.89. The second kappa shape index (κ2) is 8.74. The minimum Gasteiger partial charge on any atom is -0.314 e. The van der Waals surface area contributed by atoms with E-state index in [-0.39, 0.29) is 0 Å². The molecule has 0 spiro atoms. The number of allylic oxidation sites excluding steroid dienone is 1. The van der Waals surface area contributed by atoms with Crippen LogP contribution in [-0.2, 0) is 0 Å². The summed E-state index contributed by atoms with van der Waals surface area (Å²) in [6.45, 7) is 8.04. The van der Waals surface area contributed by atoms with Gasteiger partial charge in [0.05, 0.1) is 0 Å². The highest BCUT2D eigenvalue weighted by atomic mass is 14.9. The molecule has 100 valence electrons. The van der Waals surface area contributed by atoms with Gasteiger partial charge in [0.2, 0.25) is 0 Å². The molecule has 0 aliphatic heterocycles. The van der Waals surface area contributed by atoms with E-state index < -0.39 is 0 Å². The first kappa shape index (κ1) is 14.8. The quantitative estimate of drug-likeness (QED) is 0.604. The Morgan fingerprint density at radius 1 is 1.29 bits per heavy atom. The highest BCUT2D eigenvalue weighted by Gasteiger charge is 2.14. The lowest BCUT2D eigenvalue weighted by Gasteiger charge is -2.24. The van der Waals surface area contributed by atoms with Crippen molar-refractivity contribution in [2.75, 3.05) is 6.54 Å². The van der Waals surface area contributed by atoms with Gasteiger partial charge < -0.3 is 5.32 Å². The van der Waals surface area contributed by atoms with Gasteiger partial charge in [0.15, 0.2) is 0 Å². The van der Waals surface area contributed by atoms with Gasteiger partial charge in [-0.3, -0.25) is 0 Å². The summed E-state index contributed by atoms with van der Waals surface area (Å²) in [7, 11) is 0. The fraction of sp³-hybridized carbons (Fsp3) is 0.875. The van der Waals surface area contributed by atoms with Crippen molar-refractivity contribution >= 4 is 0 Å². The van der Waals surface area contributed by atoms with Crippen molar-refractivity contribution in [3.63, 3.8) is 0 Å². The molecule has 1 aliphatic carbocycles. The van der Waals surface area contributed by atoms with Crippen molar-refractivity contribution in [2.24, 2.45) is 5.92 Å². The molecule has 0 bridgehead atoms. The molecule has 0 aromatic rings. The average Bonchev–Trinajstić information content (AvgIpc) is 2.31. The van der Waals surface area contributed by atoms with Crippen LogP contribution in [0.4, 0.5) is 0 Å². The second-order valence-corrected chi connectivity index (χ2v) is 5.70. The minimum absolute atomic E-state index is 0.714. The van der Waals surface area contributed by atoms with Gasteiger partial charge in [-0.15, -0.1) is 0 Å². The molecule has 2 atom stereocenters. The Balaban J connectivity index is 2.38. The van der Waals surface area contributed by atoms with Crippen molar-refractivity contribution < 1.29 is 0 Å². The first-order chi connectivity index (χ1) is 8.26. The summed E-state index contributed by atoms with van der Waals surface area (Å²) >= 11 is 0. The smallest absolute Gasteiger partial charge is 0.0107 e. The van der Waals surface area contributed by atoms with E-state index in [1.807, 2.05) is 0 Å². The normalized spacial score (nSPS) is 19.8. The van der Waals surface area contributed by atoms with Crippen LogP contribution in [0.15, 0.2) is 11.6 Å². The third-order valence-electron chi connectivity index (χ3n) is 3.85. The molecular weight excluding hydrogens is 206 g/mol. The van der Waals surface area contributed by atoms with Crippen LogP contribution in [0.5, 0.6) is 0 Å². The Labute approximate surface area is 108 Å². The monoisotopic (exact) mass is 237 g/mol. The SMILES string of the molecule is CCCC(C)CC(CC1=CCCCC1)NCC. The summed E-state index contributed by atoms with van der Waals surface area (Å²) in [5, 5.41) is 3.68. The van der Waals surface area contributed by atoms with E-state index in [4.69, 9.17) is 0 Å². The third-order valence-corrected chi connectivity index (χ3v) is 3.85. The van der Waals surface area contributed by atoms with Gasteiger partial charge in [0.1, 0.15) is 0 Å². The maximum absolute atomic E-state index is 3.68. The van der Waals surface area contributed by atoms with E-state index in [9.17, 15) is 0 Å². The standard InChI is InChI=1S/C16H31N/c1-4-9-14(3)12-16(17-5-2)13-15-10-7-6-8-11-15/h10,14,16-17H,4-9,11-13H2,1-3H3. The Morgan fingerprint density at radius 2 is 2.12 bits per heavy atom. The molecule has 1 heteroatoms. The Bertz CT molecular complexity index is 220. The predicted octanol–water partition coefficient (Wildman–Crippen LogP) is 4.68. The maximum atomic E-state index is 3.68. The number of nitrogens with one attached hydrogen (secondary N) is 1. The van der Waals surface area contributed by atoms with Crippen molar-refractivity contribution in [1.29, 1.82) is 0 Å². The van der Waals surface area contributed by atoms with E-state index in [1.54, 1.807) is 5.57 Å². The molecule has 2 unspecified atom stereocenters. The average molecular weight is 237 g/mol. The van der Waals surface area contributed by atoms with E-state index in [0.717, 1.165) is 12.5 Å². The molecule has 0 saturated heterocycles. The molecule has 0 heterocycles. The summed E-state index contributed by atoms with van der Waals surface area (Å²) in [5.74, 6) is 0.869.